The molecule has 1 saturated carbocycles. The summed E-state index contributed by atoms with van der Waals surface area (Å²) in [4.78, 5) is 49.6. The second kappa shape index (κ2) is 10.8. The molecule has 1 aliphatic heterocycles. The standard InChI is InChI=1S/C23H29N3O6/c1-3-31-22(29)20-17(16-11-7-8-12-18(16)32-14(2)27)13-19(28)25-21(20)26-23(30)24-15-9-5-4-6-10-15/h7-8,11-12,15,17H,3-6,9-10,13H2,1-2H3,(H,25,28)(H2,24,26,30). The van der Waals surface area contributed by atoms with Crippen LogP contribution < -0.4 is 20.7 Å². The van der Waals surface area contributed by atoms with Crippen molar-refractivity contribution < 1.29 is 28.7 Å². The van der Waals surface area contributed by atoms with E-state index in [0.29, 0.717) is 5.56 Å². The van der Waals surface area contributed by atoms with Crippen LogP contribution in [0.2, 0.25) is 0 Å². The van der Waals surface area contributed by atoms with Crippen molar-refractivity contribution in [1.82, 2.24) is 16.0 Å². The van der Waals surface area contributed by atoms with Crippen molar-refractivity contribution in [2.75, 3.05) is 6.61 Å². The zero-order valence-electron chi connectivity index (χ0n) is 18.4. The molecule has 3 amide bonds. The Morgan fingerprint density at radius 1 is 1.12 bits per heavy atom. The summed E-state index contributed by atoms with van der Waals surface area (Å²) in [6, 6.07) is 6.24. The number of carbonyl (C=O) groups is 4. The number of benzene rings is 1. The number of amides is 3. The average Bonchev–Trinajstić information content (AvgIpc) is 2.74. The van der Waals surface area contributed by atoms with Crippen molar-refractivity contribution in [2.24, 2.45) is 0 Å². The fourth-order valence-corrected chi connectivity index (χ4v) is 4.13. The zero-order valence-corrected chi connectivity index (χ0v) is 18.4. The molecule has 1 aromatic carbocycles. The molecule has 32 heavy (non-hydrogen) atoms. The fourth-order valence-electron chi connectivity index (χ4n) is 4.13. The minimum atomic E-state index is -0.761. The van der Waals surface area contributed by atoms with Crippen LogP contribution in [0.15, 0.2) is 35.7 Å². The Bertz CT molecular complexity index is 920. The SMILES string of the molecule is CCOC(=O)C1=C(NC(=O)NC2CCCCC2)NC(=O)CC1c1ccccc1OC(C)=O. The van der Waals surface area contributed by atoms with E-state index in [0.717, 1.165) is 32.1 Å². The van der Waals surface area contributed by atoms with E-state index in [1.54, 1.807) is 31.2 Å². The van der Waals surface area contributed by atoms with E-state index in [9.17, 15) is 19.2 Å². The molecule has 1 heterocycles. The van der Waals surface area contributed by atoms with Crippen LogP contribution in [-0.4, -0.2) is 36.5 Å². The molecular weight excluding hydrogens is 414 g/mol. The van der Waals surface area contributed by atoms with Crippen LogP contribution in [0.1, 0.15) is 63.9 Å². The summed E-state index contributed by atoms with van der Waals surface area (Å²) in [5.41, 5.74) is 0.581. The maximum atomic E-state index is 12.9. The van der Waals surface area contributed by atoms with Crippen molar-refractivity contribution in [2.45, 2.75) is 64.3 Å². The molecule has 1 aliphatic carbocycles. The maximum Gasteiger partial charge on any atom is 0.338 e. The smallest absolute Gasteiger partial charge is 0.338 e. The number of esters is 2. The molecule has 2 aliphatic rings. The van der Waals surface area contributed by atoms with Gasteiger partial charge in [-0.1, -0.05) is 37.5 Å². The van der Waals surface area contributed by atoms with Gasteiger partial charge in [0.15, 0.2) is 0 Å². The summed E-state index contributed by atoms with van der Waals surface area (Å²) >= 11 is 0. The van der Waals surface area contributed by atoms with Crippen LogP contribution in [0.5, 0.6) is 5.75 Å². The van der Waals surface area contributed by atoms with Crippen molar-refractivity contribution in [3.8, 4) is 5.75 Å². The summed E-state index contributed by atoms with van der Waals surface area (Å²) in [6.07, 6.45) is 4.96. The summed E-state index contributed by atoms with van der Waals surface area (Å²) in [5, 5.41) is 8.14. The lowest BCUT2D eigenvalue weighted by Crippen LogP contribution is -2.48. The normalized spacial score (nSPS) is 19.1. The number of nitrogens with one attached hydrogen (secondary N) is 3. The highest BCUT2D eigenvalue weighted by Gasteiger charge is 2.37. The highest BCUT2D eigenvalue weighted by atomic mass is 16.5. The van der Waals surface area contributed by atoms with Crippen LogP contribution in [-0.2, 0) is 19.1 Å². The van der Waals surface area contributed by atoms with E-state index in [2.05, 4.69) is 16.0 Å². The van der Waals surface area contributed by atoms with Gasteiger partial charge in [0.05, 0.1) is 12.2 Å². The molecule has 3 N–H and O–H groups in total. The maximum absolute atomic E-state index is 12.9. The first-order valence-electron chi connectivity index (χ1n) is 10.9. The third-order valence-corrected chi connectivity index (χ3v) is 5.49. The van der Waals surface area contributed by atoms with E-state index in [1.807, 2.05) is 0 Å². The molecule has 0 spiro atoms. The lowest BCUT2D eigenvalue weighted by molar-refractivity contribution is -0.139. The molecule has 9 heteroatoms. The first-order valence-corrected chi connectivity index (χ1v) is 10.9. The monoisotopic (exact) mass is 443 g/mol. The molecule has 0 bridgehead atoms. The Kier molecular flexibility index (Phi) is 7.86. The molecule has 0 aromatic heterocycles. The number of hydrogen-bond donors (Lipinski definition) is 3. The number of rotatable bonds is 6. The third-order valence-electron chi connectivity index (χ3n) is 5.49. The van der Waals surface area contributed by atoms with Crippen LogP contribution in [0, 0.1) is 0 Å². The molecule has 1 atom stereocenters. The number of hydrogen-bond acceptors (Lipinski definition) is 6. The number of ether oxygens (including phenoxy) is 2. The number of urea groups is 1. The summed E-state index contributed by atoms with van der Waals surface area (Å²) in [7, 11) is 0. The second-order valence-electron chi connectivity index (χ2n) is 7.88. The van der Waals surface area contributed by atoms with Gasteiger partial charge in [-0.25, -0.2) is 9.59 Å². The molecule has 172 valence electrons. The van der Waals surface area contributed by atoms with Gasteiger partial charge in [-0.05, 0) is 25.8 Å². The Labute approximate surface area is 186 Å². The summed E-state index contributed by atoms with van der Waals surface area (Å²) in [5.74, 6) is -2.10. The predicted molar refractivity (Wildman–Crippen MR) is 115 cm³/mol. The van der Waals surface area contributed by atoms with E-state index < -0.39 is 23.9 Å². The quantitative estimate of drug-likeness (QED) is 0.459. The van der Waals surface area contributed by atoms with Gasteiger partial charge in [0, 0.05) is 30.9 Å². The first-order chi connectivity index (χ1) is 15.4. The predicted octanol–water partition coefficient (Wildman–Crippen LogP) is 2.62. The Morgan fingerprint density at radius 2 is 1.84 bits per heavy atom. The minimum Gasteiger partial charge on any atom is -0.463 e. The molecule has 1 aromatic rings. The van der Waals surface area contributed by atoms with Crippen LogP contribution in [0.4, 0.5) is 4.79 Å². The topological polar surface area (TPSA) is 123 Å². The van der Waals surface area contributed by atoms with Gasteiger partial charge in [-0.15, -0.1) is 0 Å². The van der Waals surface area contributed by atoms with E-state index in [-0.39, 0.29) is 42.1 Å². The Hall–Kier alpha value is -3.36. The van der Waals surface area contributed by atoms with Gasteiger partial charge in [0.1, 0.15) is 11.6 Å². The molecule has 9 nitrogen and oxygen atoms in total. The van der Waals surface area contributed by atoms with E-state index >= 15 is 0 Å². The third kappa shape index (κ3) is 5.87. The van der Waals surface area contributed by atoms with Crippen LogP contribution in [0.25, 0.3) is 0 Å². The fraction of sp³-hybridized carbons (Fsp3) is 0.478. The van der Waals surface area contributed by atoms with Gasteiger partial charge >= 0.3 is 18.0 Å². The van der Waals surface area contributed by atoms with Gasteiger partial charge in [0.2, 0.25) is 5.91 Å². The van der Waals surface area contributed by atoms with Crippen molar-refractivity contribution in [3.05, 3.63) is 41.2 Å². The second-order valence-corrected chi connectivity index (χ2v) is 7.88. The summed E-state index contributed by atoms with van der Waals surface area (Å²) in [6.45, 7) is 3.07. The van der Waals surface area contributed by atoms with Gasteiger partial charge in [-0.2, -0.15) is 0 Å². The summed E-state index contributed by atoms with van der Waals surface area (Å²) < 4.78 is 10.5. The van der Waals surface area contributed by atoms with Crippen molar-refractivity contribution in [1.29, 1.82) is 0 Å². The largest absolute Gasteiger partial charge is 0.463 e. The molecule has 0 radical (unpaired) electrons. The highest BCUT2D eigenvalue weighted by Crippen LogP contribution is 2.38. The molecule has 1 unspecified atom stereocenters. The van der Waals surface area contributed by atoms with Crippen molar-refractivity contribution >= 4 is 23.9 Å². The molecule has 3 rings (SSSR count). The average molecular weight is 444 g/mol. The van der Waals surface area contributed by atoms with Gasteiger partial charge < -0.3 is 20.1 Å². The first kappa shape index (κ1) is 23.3. The lowest BCUT2D eigenvalue weighted by atomic mass is 9.85. The molecule has 0 saturated heterocycles. The van der Waals surface area contributed by atoms with Crippen molar-refractivity contribution in [3.63, 3.8) is 0 Å². The van der Waals surface area contributed by atoms with E-state index in [4.69, 9.17) is 9.47 Å². The van der Waals surface area contributed by atoms with Crippen LogP contribution in [0.3, 0.4) is 0 Å². The molecule has 1 fully saturated rings. The van der Waals surface area contributed by atoms with Gasteiger partial charge in [0.25, 0.3) is 0 Å². The molecular formula is C23H29N3O6. The Morgan fingerprint density at radius 3 is 2.53 bits per heavy atom. The van der Waals surface area contributed by atoms with Gasteiger partial charge in [-0.3, -0.25) is 14.9 Å². The minimum absolute atomic E-state index is 0.0179. The Balaban J connectivity index is 1.95. The highest BCUT2D eigenvalue weighted by molar-refractivity contribution is 5.97. The zero-order chi connectivity index (χ0) is 23.1. The number of carbonyl (C=O) groups excluding carboxylic acids is 4. The van der Waals surface area contributed by atoms with Crippen LogP contribution >= 0.6 is 0 Å². The lowest BCUT2D eigenvalue weighted by Gasteiger charge is -2.29. The van der Waals surface area contributed by atoms with E-state index in [1.165, 1.54) is 6.92 Å². The number of para-hydroxylation sites is 1.